The lowest BCUT2D eigenvalue weighted by atomic mass is 10.1. The lowest BCUT2D eigenvalue weighted by Crippen LogP contribution is -2.42. The predicted octanol–water partition coefficient (Wildman–Crippen LogP) is -0.0508. The van der Waals surface area contributed by atoms with E-state index in [0.29, 0.717) is 19.5 Å². The number of likely N-dealkylation sites (tertiary alicyclic amines) is 1. The van der Waals surface area contributed by atoms with Crippen LogP contribution in [0.3, 0.4) is 0 Å². The van der Waals surface area contributed by atoms with Gasteiger partial charge >= 0.3 is 0 Å². The minimum atomic E-state index is -0.120. The zero-order valence-electron chi connectivity index (χ0n) is 7.71. The zero-order valence-corrected chi connectivity index (χ0v) is 7.71. The van der Waals surface area contributed by atoms with Gasteiger partial charge in [-0.25, -0.2) is 0 Å². The molecule has 0 saturated carbocycles. The summed E-state index contributed by atoms with van der Waals surface area (Å²) in [5.74, 6) is -0.0317. The van der Waals surface area contributed by atoms with Crippen molar-refractivity contribution in [1.82, 2.24) is 10.2 Å². The van der Waals surface area contributed by atoms with Gasteiger partial charge in [0.05, 0.1) is 6.54 Å². The Hall–Kier alpha value is -1.06. The van der Waals surface area contributed by atoms with Crippen molar-refractivity contribution >= 4 is 11.8 Å². The molecule has 2 amide bonds. The molecule has 1 rings (SSSR count). The van der Waals surface area contributed by atoms with Gasteiger partial charge in [0.15, 0.2) is 0 Å². The van der Waals surface area contributed by atoms with Gasteiger partial charge in [0.1, 0.15) is 0 Å². The van der Waals surface area contributed by atoms with Crippen molar-refractivity contribution in [3.8, 4) is 0 Å². The molecular formula is C9H15N2O2. The smallest absolute Gasteiger partial charge is 0.239 e. The number of amides is 2. The molecule has 0 atom stereocenters. The standard InChI is InChI=1S/C9H15N2O2/c1-2-10-8(12)7-11-6-4-3-5-9(11)13/h1-7H2,(H,10,12). The Balaban J connectivity index is 2.33. The number of carbonyl (C=O) groups is 2. The summed E-state index contributed by atoms with van der Waals surface area (Å²) in [4.78, 5) is 24.0. The van der Waals surface area contributed by atoms with E-state index in [1.807, 2.05) is 0 Å². The fourth-order valence-corrected chi connectivity index (χ4v) is 1.40. The van der Waals surface area contributed by atoms with Crippen LogP contribution in [0.15, 0.2) is 0 Å². The van der Waals surface area contributed by atoms with Gasteiger partial charge in [-0.1, -0.05) is 0 Å². The average molecular weight is 183 g/mol. The van der Waals surface area contributed by atoms with Crippen LogP contribution < -0.4 is 5.32 Å². The molecule has 0 aromatic carbocycles. The Kier molecular flexibility index (Phi) is 3.73. The van der Waals surface area contributed by atoms with Crippen LogP contribution in [0, 0.1) is 6.92 Å². The van der Waals surface area contributed by atoms with Crippen LogP contribution in [0.2, 0.25) is 0 Å². The fourth-order valence-electron chi connectivity index (χ4n) is 1.40. The first-order valence-electron chi connectivity index (χ1n) is 4.57. The maximum Gasteiger partial charge on any atom is 0.239 e. The van der Waals surface area contributed by atoms with Gasteiger partial charge in [0.2, 0.25) is 11.8 Å². The number of rotatable bonds is 3. The van der Waals surface area contributed by atoms with Crippen molar-refractivity contribution in [3.63, 3.8) is 0 Å². The quantitative estimate of drug-likeness (QED) is 0.667. The third-order valence-corrected chi connectivity index (χ3v) is 2.08. The molecule has 1 aliphatic rings. The van der Waals surface area contributed by atoms with Crippen molar-refractivity contribution in [3.05, 3.63) is 6.92 Å². The molecule has 1 radical (unpaired) electrons. The number of nitrogens with zero attached hydrogens (tertiary/aromatic N) is 1. The van der Waals surface area contributed by atoms with Gasteiger partial charge in [0.25, 0.3) is 0 Å². The highest BCUT2D eigenvalue weighted by molar-refractivity contribution is 5.85. The van der Waals surface area contributed by atoms with E-state index in [4.69, 9.17) is 0 Å². The van der Waals surface area contributed by atoms with E-state index in [2.05, 4.69) is 12.2 Å². The van der Waals surface area contributed by atoms with Crippen molar-refractivity contribution in [1.29, 1.82) is 0 Å². The molecule has 0 unspecified atom stereocenters. The third kappa shape index (κ3) is 3.05. The molecule has 0 aromatic rings. The molecule has 13 heavy (non-hydrogen) atoms. The lowest BCUT2D eigenvalue weighted by molar-refractivity contribution is -0.137. The van der Waals surface area contributed by atoms with Crippen LogP contribution in [-0.4, -0.2) is 36.3 Å². The van der Waals surface area contributed by atoms with E-state index in [1.165, 1.54) is 0 Å². The minimum Gasteiger partial charge on any atom is -0.355 e. The summed E-state index contributed by atoms with van der Waals surface area (Å²) in [6.07, 6.45) is 2.54. The summed E-state index contributed by atoms with van der Waals surface area (Å²) in [5, 5.41) is 2.57. The Morgan fingerprint density at radius 1 is 1.54 bits per heavy atom. The highest BCUT2D eigenvalue weighted by Gasteiger charge is 2.19. The molecule has 1 heterocycles. The van der Waals surface area contributed by atoms with E-state index in [0.717, 1.165) is 12.8 Å². The first-order chi connectivity index (χ1) is 6.24. The predicted molar refractivity (Wildman–Crippen MR) is 48.8 cm³/mol. The van der Waals surface area contributed by atoms with Gasteiger partial charge in [-0.2, -0.15) is 0 Å². The lowest BCUT2D eigenvalue weighted by Gasteiger charge is -2.25. The number of hydrogen-bond donors (Lipinski definition) is 1. The summed E-state index contributed by atoms with van der Waals surface area (Å²) in [7, 11) is 0. The average Bonchev–Trinajstić information content (AvgIpc) is 2.09. The van der Waals surface area contributed by atoms with Crippen LogP contribution in [0.25, 0.3) is 0 Å². The minimum absolute atomic E-state index is 0.0884. The van der Waals surface area contributed by atoms with Crippen molar-refractivity contribution < 1.29 is 9.59 Å². The monoisotopic (exact) mass is 183 g/mol. The SMILES string of the molecule is [CH2]CNC(=O)CN1CCCCC1=O. The van der Waals surface area contributed by atoms with E-state index < -0.39 is 0 Å². The molecule has 0 bridgehead atoms. The second kappa shape index (κ2) is 4.84. The summed E-state index contributed by atoms with van der Waals surface area (Å²) in [6, 6.07) is 0. The molecule has 1 fully saturated rings. The van der Waals surface area contributed by atoms with Crippen molar-refractivity contribution in [2.75, 3.05) is 19.6 Å². The second-order valence-corrected chi connectivity index (χ2v) is 3.12. The molecule has 4 heteroatoms. The van der Waals surface area contributed by atoms with Crippen LogP contribution >= 0.6 is 0 Å². The summed E-state index contributed by atoms with van der Waals surface area (Å²) < 4.78 is 0. The number of piperidine rings is 1. The number of hydrogen-bond acceptors (Lipinski definition) is 2. The van der Waals surface area contributed by atoms with Gasteiger partial charge in [-0.05, 0) is 19.8 Å². The number of carbonyl (C=O) groups excluding carboxylic acids is 2. The Morgan fingerprint density at radius 3 is 2.92 bits per heavy atom. The first-order valence-corrected chi connectivity index (χ1v) is 4.57. The number of nitrogens with one attached hydrogen (secondary N) is 1. The van der Waals surface area contributed by atoms with Crippen molar-refractivity contribution in [2.24, 2.45) is 0 Å². The molecular weight excluding hydrogens is 168 g/mol. The third-order valence-electron chi connectivity index (χ3n) is 2.08. The van der Waals surface area contributed by atoms with Crippen LogP contribution in [0.4, 0.5) is 0 Å². The molecule has 0 aliphatic carbocycles. The van der Waals surface area contributed by atoms with Crippen molar-refractivity contribution in [2.45, 2.75) is 19.3 Å². The molecule has 0 aromatic heterocycles. The molecule has 0 spiro atoms. The fraction of sp³-hybridized carbons (Fsp3) is 0.667. The highest BCUT2D eigenvalue weighted by atomic mass is 16.2. The molecule has 1 aliphatic heterocycles. The molecule has 1 saturated heterocycles. The van der Waals surface area contributed by atoms with Crippen LogP contribution in [0.1, 0.15) is 19.3 Å². The Labute approximate surface area is 78.3 Å². The Morgan fingerprint density at radius 2 is 2.31 bits per heavy atom. The summed E-state index contributed by atoms with van der Waals surface area (Å²) in [6.45, 7) is 4.78. The molecule has 1 N–H and O–H groups in total. The topological polar surface area (TPSA) is 49.4 Å². The molecule has 73 valence electrons. The van der Waals surface area contributed by atoms with Gasteiger partial charge in [-0.3, -0.25) is 9.59 Å². The molecule has 4 nitrogen and oxygen atoms in total. The van der Waals surface area contributed by atoms with Crippen LogP contribution in [0.5, 0.6) is 0 Å². The van der Waals surface area contributed by atoms with Gasteiger partial charge in [-0.15, -0.1) is 0 Å². The highest BCUT2D eigenvalue weighted by Crippen LogP contribution is 2.09. The van der Waals surface area contributed by atoms with E-state index >= 15 is 0 Å². The summed E-state index contributed by atoms with van der Waals surface area (Å²) >= 11 is 0. The van der Waals surface area contributed by atoms with E-state index in [9.17, 15) is 9.59 Å². The van der Waals surface area contributed by atoms with Gasteiger partial charge < -0.3 is 10.2 Å². The Bertz CT molecular complexity index is 204. The normalized spacial score (nSPS) is 17.3. The van der Waals surface area contributed by atoms with Crippen LogP contribution in [-0.2, 0) is 9.59 Å². The van der Waals surface area contributed by atoms with E-state index in [1.54, 1.807) is 4.90 Å². The first kappa shape index (κ1) is 10.0. The summed E-state index contributed by atoms with van der Waals surface area (Å²) in [5.41, 5.74) is 0. The van der Waals surface area contributed by atoms with Gasteiger partial charge in [0, 0.05) is 19.5 Å². The van der Waals surface area contributed by atoms with E-state index in [-0.39, 0.29) is 18.4 Å². The largest absolute Gasteiger partial charge is 0.355 e. The zero-order chi connectivity index (χ0) is 9.68. The second-order valence-electron chi connectivity index (χ2n) is 3.12. The maximum atomic E-state index is 11.3. The maximum absolute atomic E-state index is 11.3.